The van der Waals surface area contributed by atoms with E-state index in [1.807, 2.05) is 0 Å². The maximum atomic E-state index is 10.7. The van der Waals surface area contributed by atoms with Crippen LogP contribution in [0.15, 0.2) is 24.3 Å². The molecule has 0 aliphatic rings. The van der Waals surface area contributed by atoms with Gasteiger partial charge in [-0.1, -0.05) is 24.3 Å². The summed E-state index contributed by atoms with van der Waals surface area (Å²) in [6, 6.07) is 6.66. The standard InChI is InChI=1S/C8H14N4O4S2/c9-17(13,14)11-5-7-2-1-3-8(4-7)6-12-18(10,15)16/h1-4,11-12H,5-6H2,(H2,9,13,14)(H2,10,15,16). The highest BCUT2D eigenvalue weighted by molar-refractivity contribution is 7.87. The molecule has 102 valence electrons. The second kappa shape index (κ2) is 5.73. The van der Waals surface area contributed by atoms with Crippen LogP contribution in [0.25, 0.3) is 0 Å². The molecule has 1 rings (SSSR count). The quantitative estimate of drug-likeness (QED) is 0.494. The van der Waals surface area contributed by atoms with E-state index in [4.69, 9.17) is 10.3 Å². The maximum absolute atomic E-state index is 10.7. The number of nitrogens with one attached hydrogen (secondary N) is 2. The largest absolute Gasteiger partial charge is 0.274 e. The van der Waals surface area contributed by atoms with Gasteiger partial charge in [0, 0.05) is 13.1 Å². The minimum atomic E-state index is -3.75. The molecule has 0 unspecified atom stereocenters. The molecule has 6 N–H and O–H groups in total. The van der Waals surface area contributed by atoms with Gasteiger partial charge in [0.2, 0.25) is 0 Å². The Hall–Kier alpha value is -1.04. The molecule has 0 saturated heterocycles. The molecule has 0 saturated carbocycles. The molecule has 0 atom stereocenters. The Morgan fingerprint density at radius 2 is 1.28 bits per heavy atom. The van der Waals surface area contributed by atoms with Crippen LogP contribution in [-0.4, -0.2) is 16.8 Å². The summed E-state index contributed by atoms with van der Waals surface area (Å²) in [6.07, 6.45) is 0. The van der Waals surface area contributed by atoms with Crippen molar-refractivity contribution in [3.8, 4) is 0 Å². The molecule has 0 amide bonds. The Balaban J connectivity index is 2.68. The zero-order valence-corrected chi connectivity index (χ0v) is 11.0. The lowest BCUT2D eigenvalue weighted by Gasteiger charge is -2.06. The number of benzene rings is 1. The minimum absolute atomic E-state index is 0.0298. The van der Waals surface area contributed by atoms with Crippen LogP contribution in [0, 0.1) is 0 Å². The average Bonchev–Trinajstić information content (AvgIpc) is 2.22. The van der Waals surface area contributed by atoms with Gasteiger partial charge in [-0.3, -0.25) is 0 Å². The molecule has 0 spiro atoms. The number of hydrogen-bond acceptors (Lipinski definition) is 4. The van der Waals surface area contributed by atoms with E-state index < -0.39 is 20.4 Å². The molecule has 18 heavy (non-hydrogen) atoms. The van der Waals surface area contributed by atoms with Crippen LogP contribution in [0.2, 0.25) is 0 Å². The lowest BCUT2D eigenvalue weighted by Crippen LogP contribution is -2.31. The Morgan fingerprint density at radius 1 is 0.889 bits per heavy atom. The Bertz CT molecular complexity index is 560. The van der Waals surface area contributed by atoms with Gasteiger partial charge in [0.25, 0.3) is 20.4 Å². The van der Waals surface area contributed by atoms with Gasteiger partial charge >= 0.3 is 0 Å². The fraction of sp³-hybridized carbons (Fsp3) is 0.250. The Kier molecular flexibility index (Phi) is 4.78. The van der Waals surface area contributed by atoms with Crippen LogP contribution in [0.3, 0.4) is 0 Å². The first kappa shape index (κ1) is 15.0. The molecule has 0 heterocycles. The molecule has 1 aromatic carbocycles. The molecular formula is C8H14N4O4S2. The lowest BCUT2D eigenvalue weighted by atomic mass is 10.1. The average molecular weight is 294 g/mol. The van der Waals surface area contributed by atoms with E-state index in [2.05, 4.69) is 9.44 Å². The van der Waals surface area contributed by atoms with Crippen LogP contribution in [0.4, 0.5) is 0 Å². The summed E-state index contributed by atoms with van der Waals surface area (Å²) in [5, 5.41) is 9.58. The zero-order chi connectivity index (χ0) is 13.8. The summed E-state index contributed by atoms with van der Waals surface area (Å²) in [4.78, 5) is 0. The van der Waals surface area contributed by atoms with Crippen molar-refractivity contribution in [3.05, 3.63) is 35.4 Å². The van der Waals surface area contributed by atoms with Crippen LogP contribution >= 0.6 is 0 Å². The molecule has 0 aromatic heterocycles. The Labute approximate surface area is 106 Å². The molecule has 1 aromatic rings. The monoisotopic (exact) mass is 294 g/mol. The fourth-order valence-electron chi connectivity index (χ4n) is 1.22. The smallest absolute Gasteiger partial charge is 0.216 e. The van der Waals surface area contributed by atoms with Crippen LogP contribution < -0.4 is 19.7 Å². The molecule has 8 nitrogen and oxygen atoms in total. The molecule has 0 bridgehead atoms. The van der Waals surface area contributed by atoms with Crippen molar-refractivity contribution < 1.29 is 16.8 Å². The summed E-state index contributed by atoms with van der Waals surface area (Å²) < 4.78 is 47.1. The normalized spacial score (nSPS) is 12.6. The van der Waals surface area contributed by atoms with Crippen molar-refractivity contribution >= 4 is 20.4 Å². The first-order valence-corrected chi connectivity index (χ1v) is 7.87. The van der Waals surface area contributed by atoms with E-state index in [0.29, 0.717) is 11.1 Å². The predicted molar refractivity (Wildman–Crippen MR) is 66.3 cm³/mol. The first-order valence-electron chi connectivity index (χ1n) is 4.78. The highest BCUT2D eigenvalue weighted by Crippen LogP contribution is 2.05. The second-order valence-corrected chi connectivity index (χ2v) is 6.31. The van der Waals surface area contributed by atoms with Gasteiger partial charge in [0.1, 0.15) is 0 Å². The lowest BCUT2D eigenvalue weighted by molar-refractivity contribution is 0.582. The van der Waals surface area contributed by atoms with Crippen molar-refractivity contribution in [1.29, 1.82) is 0 Å². The van der Waals surface area contributed by atoms with E-state index in [1.165, 1.54) is 0 Å². The third-order valence-corrected chi connectivity index (χ3v) is 3.04. The minimum Gasteiger partial charge on any atom is -0.216 e. The van der Waals surface area contributed by atoms with Gasteiger partial charge in [0.15, 0.2) is 0 Å². The number of rotatable bonds is 6. The van der Waals surface area contributed by atoms with Gasteiger partial charge in [-0.2, -0.15) is 26.3 Å². The zero-order valence-electron chi connectivity index (χ0n) is 9.33. The van der Waals surface area contributed by atoms with E-state index in [1.54, 1.807) is 24.3 Å². The summed E-state index contributed by atoms with van der Waals surface area (Å²) in [5.41, 5.74) is 1.30. The van der Waals surface area contributed by atoms with Gasteiger partial charge in [0.05, 0.1) is 0 Å². The van der Waals surface area contributed by atoms with E-state index in [0.717, 1.165) is 0 Å². The van der Waals surface area contributed by atoms with E-state index in [-0.39, 0.29) is 13.1 Å². The van der Waals surface area contributed by atoms with Crippen molar-refractivity contribution in [3.63, 3.8) is 0 Å². The van der Waals surface area contributed by atoms with Crippen LogP contribution in [0.1, 0.15) is 11.1 Å². The van der Waals surface area contributed by atoms with E-state index >= 15 is 0 Å². The summed E-state index contributed by atoms with van der Waals surface area (Å²) >= 11 is 0. The highest BCUT2D eigenvalue weighted by Gasteiger charge is 2.04. The SMILES string of the molecule is NS(=O)(=O)NCc1cccc(CNS(N)(=O)=O)c1. The van der Waals surface area contributed by atoms with Crippen molar-refractivity contribution in [1.82, 2.24) is 9.44 Å². The molecule has 0 aliphatic heterocycles. The van der Waals surface area contributed by atoms with Crippen LogP contribution in [0.5, 0.6) is 0 Å². The predicted octanol–water partition coefficient (Wildman–Crippen LogP) is -1.73. The summed E-state index contributed by atoms with van der Waals surface area (Å²) in [5.74, 6) is 0. The molecule has 0 radical (unpaired) electrons. The topological polar surface area (TPSA) is 144 Å². The summed E-state index contributed by atoms with van der Waals surface area (Å²) in [6.45, 7) is 0.0596. The van der Waals surface area contributed by atoms with Gasteiger partial charge in [-0.25, -0.2) is 10.3 Å². The van der Waals surface area contributed by atoms with Crippen LogP contribution in [-0.2, 0) is 33.5 Å². The molecule has 0 fully saturated rings. The highest BCUT2D eigenvalue weighted by atomic mass is 32.2. The van der Waals surface area contributed by atoms with Crippen molar-refractivity contribution in [2.24, 2.45) is 10.3 Å². The summed E-state index contributed by atoms with van der Waals surface area (Å²) in [7, 11) is -7.50. The first-order chi connectivity index (χ1) is 8.16. The van der Waals surface area contributed by atoms with Gasteiger partial charge in [-0.05, 0) is 11.1 Å². The fourth-order valence-corrected chi connectivity index (χ4v) is 1.95. The molecule has 0 aliphatic carbocycles. The second-order valence-electron chi connectivity index (χ2n) is 3.55. The van der Waals surface area contributed by atoms with Gasteiger partial charge in [-0.15, -0.1) is 0 Å². The molecule has 10 heteroatoms. The Morgan fingerprint density at radius 3 is 1.61 bits per heavy atom. The van der Waals surface area contributed by atoms with E-state index in [9.17, 15) is 16.8 Å². The van der Waals surface area contributed by atoms with Crippen molar-refractivity contribution in [2.75, 3.05) is 0 Å². The molecular weight excluding hydrogens is 280 g/mol. The third kappa shape index (κ3) is 6.64. The van der Waals surface area contributed by atoms with Crippen molar-refractivity contribution in [2.45, 2.75) is 13.1 Å². The third-order valence-electron chi connectivity index (χ3n) is 1.95. The van der Waals surface area contributed by atoms with Gasteiger partial charge < -0.3 is 0 Å². The maximum Gasteiger partial charge on any atom is 0.274 e. The number of nitrogens with two attached hydrogens (primary N) is 2. The number of hydrogen-bond donors (Lipinski definition) is 4.